The lowest BCUT2D eigenvalue weighted by Gasteiger charge is -2.29. The number of nitrogen functional groups attached to an aromatic ring is 1. The van der Waals surface area contributed by atoms with Gasteiger partial charge < -0.3 is 15.7 Å². The smallest absolute Gasteiger partial charge is 0.171 e. The molecule has 0 aliphatic carbocycles. The molecule has 1 fully saturated rings. The number of nitrogens with one attached hydrogen (secondary N) is 1. The fraction of sp³-hybridized carbons (Fsp3) is 0.733. The first-order valence-corrected chi connectivity index (χ1v) is 8.68. The fourth-order valence-corrected chi connectivity index (χ4v) is 2.90. The van der Waals surface area contributed by atoms with Crippen molar-refractivity contribution in [1.82, 2.24) is 20.5 Å². The van der Waals surface area contributed by atoms with Gasteiger partial charge in [0.15, 0.2) is 17.8 Å². The number of nitrogens with zero attached hydrogens (tertiary/aromatic N) is 7. The zero-order valence-electron chi connectivity index (χ0n) is 15.7. The first-order valence-electron chi connectivity index (χ1n) is 8.68. The summed E-state index contributed by atoms with van der Waals surface area (Å²) in [6, 6.07) is 0. The maximum Gasteiger partial charge on any atom is 0.171 e. The van der Waals surface area contributed by atoms with Gasteiger partial charge in [-0.1, -0.05) is 26.0 Å². The highest BCUT2D eigenvalue weighted by Gasteiger charge is 2.30. The van der Waals surface area contributed by atoms with Crippen LogP contribution in [0.4, 0.5) is 17.3 Å². The van der Waals surface area contributed by atoms with Crippen LogP contribution in [0.2, 0.25) is 0 Å². The molecule has 1 aromatic heterocycles. The number of nitrogens with two attached hydrogens (primary N) is 2. The van der Waals surface area contributed by atoms with Crippen molar-refractivity contribution in [2.75, 3.05) is 42.3 Å². The lowest BCUT2D eigenvalue weighted by molar-refractivity contribution is 0.198. The van der Waals surface area contributed by atoms with Gasteiger partial charge in [-0.25, -0.2) is 21.3 Å². The molecule has 2 unspecified atom stereocenters. The van der Waals surface area contributed by atoms with E-state index in [0.717, 1.165) is 0 Å². The Labute approximate surface area is 153 Å². The summed E-state index contributed by atoms with van der Waals surface area (Å²) in [7, 11) is 1.83. The molecule has 0 aromatic carbocycles. The van der Waals surface area contributed by atoms with Crippen LogP contribution in [-0.2, 0) is 5.41 Å². The van der Waals surface area contributed by atoms with Crippen molar-refractivity contribution in [2.45, 2.75) is 44.9 Å². The number of likely N-dealkylation sites (N-methyl/N-ethyl adjacent to an activating group) is 1. The Morgan fingerprint density at radius 1 is 1.35 bits per heavy atom. The molecule has 144 valence electrons. The van der Waals surface area contributed by atoms with Gasteiger partial charge >= 0.3 is 0 Å². The van der Waals surface area contributed by atoms with Crippen LogP contribution in [-0.4, -0.2) is 59.0 Å². The summed E-state index contributed by atoms with van der Waals surface area (Å²) in [6.45, 7) is 7.66. The molecule has 26 heavy (non-hydrogen) atoms. The minimum Gasteiger partial charge on any atom is -0.393 e. The third-order valence-corrected chi connectivity index (χ3v) is 4.51. The van der Waals surface area contributed by atoms with Crippen molar-refractivity contribution in [3.63, 3.8) is 0 Å². The molecule has 0 amide bonds. The second-order valence-electron chi connectivity index (χ2n) is 7.81. The molecule has 11 nitrogen and oxygen atoms in total. The van der Waals surface area contributed by atoms with Crippen LogP contribution in [0.25, 0.3) is 0 Å². The quantitative estimate of drug-likeness (QED) is 0.420. The molecule has 0 saturated carbocycles. The topological polar surface area (TPSA) is 145 Å². The minimum absolute atomic E-state index is 0.246. The van der Waals surface area contributed by atoms with Crippen LogP contribution in [0.5, 0.6) is 0 Å². The molecule has 11 heteroatoms. The van der Waals surface area contributed by atoms with E-state index in [1.54, 1.807) is 5.01 Å². The summed E-state index contributed by atoms with van der Waals surface area (Å²) in [4.78, 5) is 11.3. The van der Waals surface area contributed by atoms with E-state index in [0.29, 0.717) is 49.2 Å². The average molecular weight is 364 g/mol. The Morgan fingerprint density at radius 2 is 2.08 bits per heavy atom. The largest absolute Gasteiger partial charge is 0.393 e. The Kier molecular flexibility index (Phi) is 4.86. The molecule has 1 saturated heterocycles. The van der Waals surface area contributed by atoms with Crippen LogP contribution < -0.4 is 27.0 Å². The number of rotatable bonds is 4. The average Bonchev–Trinajstić information content (AvgIpc) is 3.15. The molecule has 2 aliphatic rings. The number of aliphatic hydroxyl groups excluding tert-OH is 1. The first kappa shape index (κ1) is 18.5. The van der Waals surface area contributed by atoms with Gasteiger partial charge in [-0.05, 0) is 6.42 Å². The van der Waals surface area contributed by atoms with Crippen LogP contribution in [0.3, 0.4) is 0 Å². The number of hydrazine groups is 2. The maximum absolute atomic E-state index is 9.88. The zero-order valence-corrected chi connectivity index (χ0v) is 15.7. The Hall–Kier alpha value is -2.24. The van der Waals surface area contributed by atoms with Gasteiger partial charge in [-0.15, -0.1) is 5.11 Å². The summed E-state index contributed by atoms with van der Waals surface area (Å²) < 4.78 is 0. The van der Waals surface area contributed by atoms with Crippen LogP contribution >= 0.6 is 0 Å². The molecule has 2 atom stereocenters. The first-order chi connectivity index (χ1) is 12.2. The number of aliphatic hydroxyl groups is 1. The SMILES string of the molecule is CN1NN=NC1CN(N)c1nc(C(C)(C)C)nc(N2CCC(O)C2)c1N. The lowest BCUT2D eigenvalue weighted by Crippen LogP contribution is -2.46. The van der Waals surface area contributed by atoms with Gasteiger partial charge in [0.2, 0.25) is 0 Å². The van der Waals surface area contributed by atoms with Crippen molar-refractivity contribution in [1.29, 1.82) is 0 Å². The summed E-state index contributed by atoms with van der Waals surface area (Å²) in [5, 5.41) is 21.0. The molecule has 0 radical (unpaired) electrons. The third-order valence-electron chi connectivity index (χ3n) is 4.51. The van der Waals surface area contributed by atoms with Crippen molar-refractivity contribution in [3.8, 4) is 0 Å². The monoisotopic (exact) mass is 364 g/mol. The molecule has 3 heterocycles. The predicted octanol–water partition coefficient (Wildman–Crippen LogP) is -0.249. The predicted molar refractivity (Wildman–Crippen MR) is 99.1 cm³/mol. The Morgan fingerprint density at radius 3 is 2.62 bits per heavy atom. The van der Waals surface area contributed by atoms with E-state index >= 15 is 0 Å². The lowest BCUT2D eigenvalue weighted by atomic mass is 9.95. The summed E-state index contributed by atoms with van der Waals surface area (Å²) >= 11 is 0. The summed E-state index contributed by atoms with van der Waals surface area (Å²) in [5.41, 5.74) is 9.25. The van der Waals surface area contributed by atoms with E-state index in [-0.39, 0.29) is 17.7 Å². The molecular weight excluding hydrogens is 336 g/mol. The van der Waals surface area contributed by atoms with Crippen molar-refractivity contribution >= 4 is 17.3 Å². The highest BCUT2D eigenvalue weighted by molar-refractivity contribution is 5.76. The van der Waals surface area contributed by atoms with Gasteiger partial charge in [0, 0.05) is 25.6 Å². The van der Waals surface area contributed by atoms with E-state index in [4.69, 9.17) is 11.6 Å². The molecule has 2 aliphatic heterocycles. The van der Waals surface area contributed by atoms with Gasteiger partial charge in [0.1, 0.15) is 11.5 Å². The van der Waals surface area contributed by atoms with Gasteiger partial charge in [-0.3, -0.25) is 5.01 Å². The van der Waals surface area contributed by atoms with E-state index in [9.17, 15) is 5.11 Å². The Balaban J connectivity index is 1.96. The molecular formula is C15H28N10O. The number of β-amino-alcohol motifs (C(OH)–C–C–N with tert-alkyl or cyclic N) is 1. The number of aromatic nitrogens is 2. The van der Waals surface area contributed by atoms with E-state index < -0.39 is 0 Å². The minimum atomic E-state index is -0.376. The fourth-order valence-electron chi connectivity index (χ4n) is 2.90. The van der Waals surface area contributed by atoms with Gasteiger partial charge in [0.05, 0.1) is 12.6 Å². The molecule has 0 spiro atoms. The zero-order chi connectivity index (χ0) is 19.1. The Bertz CT molecular complexity index is 688. The molecule has 1 aromatic rings. The normalized spacial score (nSPS) is 23.5. The maximum atomic E-state index is 9.88. The standard InChI is InChI=1S/C15H28N10O/c1-15(2,3)14-18-12(24-6-5-9(26)7-24)11(16)13(19-14)25(17)8-10-20-21-22-23(10)4/h9-10,26H,5-8,16-17H2,1-4H3,(H,20,22). The number of anilines is 3. The second kappa shape index (κ2) is 6.82. The third kappa shape index (κ3) is 3.64. The van der Waals surface area contributed by atoms with E-state index in [2.05, 4.69) is 25.8 Å². The summed E-state index contributed by atoms with van der Waals surface area (Å²) in [6.07, 6.45) is 0.0672. The number of hydrogen-bond acceptors (Lipinski definition) is 11. The van der Waals surface area contributed by atoms with Gasteiger partial charge in [-0.2, -0.15) is 5.01 Å². The van der Waals surface area contributed by atoms with E-state index in [1.807, 2.05) is 32.7 Å². The highest BCUT2D eigenvalue weighted by atomic mass is 16.3. The molecule has 3 rings (SSSR count). The summed E-state index contributed by atoms with van der Waals surface area (Å²) in [5.74, 6) is 8.00. The molecule has 6 N–H and O–H groups in total. The van der Waals surface area contributed by atoms with Crippen molar-refractivity contribution in [2.24, 2.45) is 16.2 Å². The van der Waals surface area contributed by atoms with Crippen LogP contribution in [0.1, 0.15) is 33.0 Å². The van der Waals surface area contributed by atoms with Crippen molar-refractivity contribution in [3.05, 3.63) is 5.82 Å². The second-order valence-corrected chi connectivity index (χ2v) is 7.81. The van der Waals surface area contributed by atoms with Crippen LogP contribution in [0, 0.1) is 0 Å². The molecule has 0 bridgehead atoms. The highest BCUT2D eigenvalue weighted by Crippen LogP contribution is 2.34. The number of hydrogen-bond donors (Lipinski definition) is 4. The van der Waals surface area contributed by atoms with Crippen molar-refractivity contribution < 1.29 is 5.11 Å². The van der Waals surface area contributed by atoms with Crippen LogP contribution in [0.15, 0.2) is 10.3 Å². The van der Waals surface area contributed by atoms with E-state index in [1.165, 1.54) is 5.01 Å². The van der Waals surface area contributed by atoms with Gasteiger partial charge in [0.25, 0.3) is 0 Å².